The van der Waals surface area contributed by atoms with E-state index in [-0.39, 0.29) is 41.2 Å². The highest BCUT2D eigenvalue weighted by atomic mass is 35.5. The molecule has 0 spiro atoms. The maximum atomic E-state index is 15.0. The summed E-state index contributed by atoms with van der Waals surface area (Å²) in [5, 5.41) is 0.267. The molecule has 0 saturated heterocycles. The Balaban J connectivity index is 1.67. The zero-order valence-corrected chi connectivity index (χ0v) is 22.5. The molecular formula is C26H22ClF5O5S2. The molecule has 3 aromatic rings. The summed E-state index contributed by atoms with van der Waals surface area (Å²) in [6.07, 6.45) is -5.69. The molecule has 0 atom stereocenters. The van der Waals surface area contributed by atoms with Crippen molar-refractivity contribution in [2.24, 2.45) is 5.92 Å². The average Bonchev–Trinajstić information content (AvgIpc) is 2.85. The van der Waals surface area contributed by atoms with Crippen LogP contribution in [0.1, 0.15) is 31.2 Å². The molecule has 1 aliphatic carbocycles. The summed E-state index contributed by atoms with van der Waals surface area (Å²) >= 11 is 5.89. The topological polar surface area (TPSA) is 77.5 Å². The minimum atomic E-state index is -5.11. The van der Waals surface area contributed by atoms with Gasteiger partial charge in [0.05, 0.1) is 10.6 Å². The number of para-hydroxylation sites is 1. The lowest BCUT2D eigenvalue weighted by Gasteiger charge is -2.40. The molecule has 0 radical (unpaired) electrons. The second-order valence-corrected chi connectivity index (χ2v) is 14.0. The number of rotatable bonds is 7. The fraction of sp³-hybridized carbons (Fsp3) is 0.308. The van der Waals surface area contributed by atoms with Crippen molar-refractivity contribution in [3.63, 3.8) is 0 Å². The molecule has 0 aromatic heterocycles. The smallest absolute Gasteiger partial charge is 0.404 e. The molecule has 0 aliphatic heterocycles. The van der Waals surface area contributed by atoms with Gasteiger partial charge in [0.1, 0.15) is 27.0 Å². The third kappa shape index (κ3) is 6.07. The summed E-state index contributed by atoms with van der Waals surface area (Å²) in [5.74, 6) is -3.91. The second-order valence-electron chi connectivity index (χ2n) is 9.30. The lowest BCUT2D eigenvalue weighted by Crippen LogP contribution is -2.41. The third-order valence-electron chi connectivity index (χ3n) is 6.84. The fourth-order valence-electron chi connectivity index (χ4n) is 5.00. The minimum Gasteiger partial charge on any atom is -0.404 e. The number of alkyl halides is 3. The Hall–Kier alpha value is -2.70. The number of hydrogen-bond donors (Lipinski definition) is 0. The summed E-state index contributed by atoms with van der Waals surface area (Å²) in [7, 11) is -8.63. The Morgan fingerprint density at radius 3 is 2.13 bits per heavy atom. The predicted octanol–water partition coefficient (Wildman–Crippen LogP) is 6.85. The molecule has 210 valence electrons. The van der Waals surface area contributed by atoms with Gasteiger partial charge in [-0.1, -0.05) is 23.7 Å². The van der Waals surface area contributed by atoms with Gasteiger partial charge < -0.3 is 4.74 Å². The highest BCUT2D eigenvalue weighted by Gasteiger charge is 2.50. The molecule has 1 aliphatic rings. The van der Waals surface area contributed by atoms with Crippen molar-refractivity contribution in [2.75, 3.05) is 5.75 Å². The van der Waals surface area contributed by atoms with Crippen LogP contribution in [0.25, 0.3) is 0 Å². The molecule has 3 aromatic carbocycles. The second kappa shape index (κ2) is 10.7. The third-order valence-corrected chi connectivity index (χ3v) is 11.6. The van der Waals surface area contributed by atoms with Crippen molar-refractivity contribution in [3.05, 3.63) is 89.0 Å². The molecule has 1 saturated carbocycles. The molecule has 0 N–H and O–H groups in total. The van der Waals surface area contributed by atoms with Gasteiger partial charge in [-0.2, -0.15) is 0 Å². The zero-order chi connectivity index (χ0) is 28.6. The van der Waals surface area contributed by atoms with Gasteiger partial charge in [0, 0.05) is 10.6 Å². The molecule has 0 amide bonds. The van der Waals surface area contributed by atoms with Crippen LogP contribution in [0.5, 0.6) is 5.75 Å². The van der Waals surface area contributed by atoms with E-state index in [4.69, 9.17) is 11.6 Å². The predicted molar refractivity (Wildman–Crippen MR) is 134 cm³/mol. The van der Waals surface area contributed by atoms with E-state index in [1.165, 1.54) is 36.4 Å². The van der Waals surface area contributed by atoms with Crippen molar-refractivity contribution in [2.45, 2.75) is 46.6 Å². The van der Waals surface area contributed by atoms with Gasteiger partial charge in [0.2, 0.25) is 0 Å². The standard InChI is InChI=1S/C26H22ClF5O5S2/c27-18-5-8-20(9-6-18)39(35,36)25(21-15-19(28)7-10-22(21)29)13-11-17(12-14-25)16-38(33,34)24-4-2-1-3-23(24)37-26(30,31)32/h1-10,15,17H,11-14,16H2. The van der Waals surface area contributed by atoms with Gasteiger partial charge in [-0.15, -0.1) is 13.2 Å². The van der Waals surface area contributed by atoms with Gasteiger partial charge in [-0.3, -0.25) is 0 Å². The minimum absolute atomic E-state index is 0.0374. The normalized spacial score (nSPS) is 20.5. The van der Waals surface area contributed by atoms with Crippen LogP contribution in [0.3, 0.4) is 0 Å². The van der Waals surface area contributed by atoms with Gasteiger partial charge in [-0.05, 0) is 86.2 Å². The Morgan fingerprint density at radius 2 is 1.51 bits per heavy atom. The number of benzene rings is 3. The Morgan fingerprint density at radius 1 is 0.897 bits per heavy atom. The molecule has 1 fully saturated rings. The molecule has 4 rings (SSSR count). The molecule has 5 nitrogen and oxygen atoms in total. The average molecular weight is 609 g/mol. The highest BCUT2D eigenvalue weighted by molar-refractivity contribution is 7.92. The van der Waals surface area contributed by atoms with Gasteiger partial charge >= 0.3 is 6.36 Å². The van der Waals surface area contributed by atoms with E-state index in [1.807, 2.05) is 0 Å². The molecule has 0 unspecified atom stereocenters. The first-order chi connectivity index (χ1) is 18.1. The van der Waals surface area contributed by atoms with Crippen LogP contribution in [-0.2, 0) is 24.4 Å². The molecule has 0 heterocycles. The molecule has 13 heteroatoms. The Labute approximate surface area is 227 Å². The van der Waals surface area contributed by atoms with Crippen molar-refractivity contribution >= 4 is 31.3 Å². The zero-order valence-electron chi connectivity index (χ0n) is 20.1. The van der Waals surface area contributed by atoms with Gasteiger partial charge in [0.25, 0.3) is 0 Å². The van der Waals surface area contributed by atoms with Crippen LogP contribution in [0.15, 0.2) is 76.5 Å². The first-order valence-electron chi connectivity index (χ1n) is 11.7. The molecular weight excluding hydrogens is 587 g/mol. The molecule has 39 heavy (non-hydrogen) atoms. The summed E-state index contributed by atoms with van der Waals surface area (Å²) in [5.41, 5.74) is -0.373. The van der Waals surface area contributed by atoms with Crippen LogP contribution in [0.4, 0.5) is 22.0 Å². The number of ether oxygens (including phenoxy) is 1. The summed E-state index contributed by atoms with van der Waals surface area (Å²) in [6.45, 7) is 0. The monoisotopic (exact) mass is 608 g/mol. The number of halogens is 6. The lowest BCUT2D eigenvalue weighted by molar-refractivity contribution is -0.275. The van der Waals surface area contributed by atoms with E-state index in [0.29, 0.717) is 0 Å². The van der Waals surface area contributed by atoms with Crippen molar-refractivity contribution in [1.82, 2.24) is 0 Å². The summed E-state index contributed by atoms with van der Waals surface area (Å²) < 4.78 is 124. The quantitative estimate of drug-likeness (QED) is 0.274. The van der Waals surface area contributed by atoms with Gasteiger partial charge in [0.15, 0.2) is 19.7 Å². The van der Waals surface area contributed by atoms with E-state index in [2.05, 4.69) is 4.74 Å². The van der Waals surface area contributed by atoms with E-state index in [1.54, 1.807) is 0 Å². The molecule has 0 bridgehead atoms. The number of sulfone groups is 2. The van der Waals surface area contributed by atoms with Gasteiger partial charge in [-0.25, -0.2) is 25.6 Å². The maximum absolute atomic E-state index is 15.0. The maximum Gasteiger partial charge on any atom is 0.573 e. The summed E-state index contributed by atoms with van der Waals surface area (Å²) in [6, 6.07) is 12.1. The van der Waals surface area contributed by atoms with Crippen LogP contribution >= 0.6 is 11.6 Å². The van der Waals surface area contributed by atoms with Crippen molar-refractivity contribution in [1.29, 1.82) is 0 Å². The largest absolute Gasteiger partial charge is 0.573 e. The SMILES string of the molecule is O=S(=O)(CC1CCC(c2cc(F)ccc2F)(S(=O)(=O)c2ccc(Cl)cc2)CC1)c1ccccc1OC(F)(F)F. The van der Waals surface area contributed by atoms with E-state index in [0.717, 1.165) is 30.3 Å². The van der Waals surface area contributed by atoms with Crippen LogP contribution < -0.4 is 4.74 Å². The Kier molecular flexibility index (Phi) is 8.04. The first kappa shape index (κ1) is 29.3. The van der Waals surface area contributed by atoms with E-state index >= 15 is 4.39 Å². The summed E-state index contributed by atoms with van der Waals surface area (Å²) in [4.78, 5) is -0.816. The highest BCUT2D eigenvalue weighted by Crippen LogP contribution is 2.50. The van der Waals surface area contributed by atoms with E-state index < -0.39 is 64.7 Å². The first-order valence-corrected chi connectivity index (χ1v) is 15.2. The van der Waals surface area contributed by atoms with Crippen LogP contribution in [0, 0.1) is 17.6 Å². The van der Waals surface area contributed by atoms with Crippen LogP contribution in [0.2, 0.25) is 5.02 Å². The van der Waals surface area contributed by atoms with Crippen molar-refractivity contribution in [3.8, 4) is 5.75 Å². The fourth-order valence-corrected chi connectivity index (χ4v) is 9.12. The lowest BCUT2D eigenvalue weighted by atomic mass is 9.78. The Bertz CT molecular complexity index is 1560. The van der Waals surface area contributed by atoms with Crippen molar-refractivity contribution < 1.29 is 43.5 Å². The van der Waals surface area contributed by atoms with E-state index in [9.17, 15) is 34.4 Å². The van der Waals surface area contributed by atoms with Crippen LogP contribution in [-0.4, -0.2) is 29.0 Å². The number of hydrogen-bond acceptors (Lipinski definition) is 5.